The average molecular weight is 279 g/mol. The molecule has 20 heavy (non-hydrogen) atoms. The lowest BCUT2D eigenvalue weighted by molar-refractivity contribution is -0.135. The largest absolute Gasteiger partial charge is 0.444 e. The third kappa shape index (κ3) is 3.18. The van der Waals surface area contributed by atoms with Crippen LogP contribution in [0.3, 0.4) is 0 Å². The number of nitrogens with one attached hydrogen (secondary N) is 1. The van der Waals surface area contributed by atoms with Crippen molar-refractivity contribution in [2.75, 3.05) is 6.54 Å². The van der Waals surface area contributed by atoms with E-state index in [-0.39, 0.29) is 17.7 Å². The van der Waals surface area contributed by atoms with Crippen LogP contribution >= 0.6 is 0 Å². The van der Waals surface area contributed by atoms with Crippen molar-refractivity contribution in [3.63, 3.8) is 0 Å². The standard InChI is InChI=1S/C14H21N3O3/c1-4-10-7-15-12(20-10)8-17-6-5-11(18)16-13(9(2)3)14(17)19/h7,9,13H,4-6,8H2,1-3H3,(H,16,18). The normalized spacial score (nSPS) is 20.2. The fraction of sp³-hybridized carbons (Fsp3) is 0.643. The summed E-state index contributed by atoms with van der Waals surface area (Å²) in [6.07, 6.45) is 2.77. The second-order valence-electron chi connectivity index (χ2n) is 5.37. The van der Waals surface area contributed by atoms with E-state index in [0.717, 1.165) is 12.2 Å². The van der Waals surface area contributed by atoms with Crippen molar-refractivity contribution in [3.05, 3.63) is 17.8 Å². The van der Waals surface area contributed by atoms with Crippen molar-refractivity contribution < 1.29 is 14.0 Å². The molecule has 2 rings (SSSR count). The molecule has 0 bridgehead atoms. The minimum atomic E-state index is -0.467. The molecule has 2 heterocycles. The number of carbonyl (C=O) groups excluding carboxylic acids is 2. The van der Waals surface area contributed by atoms with Crippen LogP contribution in [0.2, 0.25) is 0 Å². The highest BCUT2D eigenvalue weighted by molar-refractivity contribution is 5.90. The van der Waals surface area contributed by atoms with Crippen molar-refractivity contribution >= 4 is 11.8 Å². The Morgan fingerprint density at radius 1 is 1.50 bits per heavy atom. The Balaban J connectivity index is 2.12. The molecule has 1 atom stereocenters. The summed E-state index contributed by atoms with van der Waals surface area (Å²) in [7, 11) is 0. The lowest BCUT2D eigenvalue weighted by Crippen LogP contribution is -2.47. The molecule has 1 aliphatic heterocycles. The first kappa shape index (κ1) is 14.6. The number of hydrogen-bond acceptors (Lipinski definition) is 4. The van der Waals surface area contributed by atoms with Gasteiger partial charge in [0.1, 0.15) is 11.8 Å². The maximum Gasteiger partial charge on any atom is 0.245 e. The van der Waals surface area contributed by atoms with Crippen LogP contribution in [0, 0.1) is 5.92 Å². The van der Waals surface area contributed by atoms with E-state index in [9.17, 15) is 9.59 Å². The molecule has 0 aromatic carbocycles. The zero-order chi connectivity index (χ0) is 14.7. The van der Waals surface area contributed by atoms with Gasteiger partial charge in [-0.3, -0.25) is 9.59 Å². The minimum absolute atomic E-state index is 0.0582. The van der Waals surface area contributed by atoms with Gasteiger partial charge >= 0.3 is 0 Å². The number of oxazole rings is 1. The molecule has 6 nitrogen and oxygen atoms in total. The SMILES string of the molecule is CCc1cnc(CN2CCC(=O)NC(C(C)C)C2=O)o1. The van der Waals surface area contributed by atoms with E-state index in [2.05, 4.69) is 10.3 Å². The molecular weight excluding hydrogens is 258 g/mol. The fourth-order valence-corrected chi connectivity index (χ4v) is 2.21. The lowest BCUT2D eigenvalue weighted by Gasteiger charge is -2.24. The van der Waals surface area contributed by atoms with E-state index in [4.69, 9.17) is 4.42 Å². The van der Waals surface area contributed by atoms with Gasteiger partial charge in [0.2, 0.25) is 17.7 Å². The lowest BCUT2D eigenvalue weighted by atomic mass is 10.0. The molecule has 1 saturated heterocycles. The summed E-state index contributed by atoms with van der Waals surface area (Å²) in [4.78, 5) is 29.9. The number of aromatic nitrogens is 1. The molecule has 1 aromatic heterocycles. The number of aryl methyl sites for hydroxylation is 1. The summed E-state index contributed by atoms with van der Waals surface area (Å²) in [6, 6.07) is -0.467. The number of rotatable bonds is 4. The summed E-state index contributed by atoms with van der Waals surface area (Å²) in [5, 5.41) is 2.78. The fourth-order valence-electron chi connectivity index (χ4n) is 2.21. The molecule has 0 radical (unpaired) electrons. The molecule has 1 aliphatic rings. The van der Waals surface area contributed by atoms with Gasteiger partial charge in [-0.2, -0.15) is 0 Å². The molecule has 1 aromatic rings. The van der Waals surface area contributed by atoms with Crippen molar-refractivity contribution in [3.8, 4) is 0 Å². The van der Waals surface area contributed by atoms with Gasteiger partial charge in [-0.25, -0.2) is 4.98 Å². The van der Waals surface area contributed by atoms with Crippen LogP contribution in [0.4, 0.5) is 0 Å². The second kappa shape index (κ2) is 6.07. The van der Waals surface area contributed by atoms with Crippen molar-refractivity contribution in [1.29, 1.82) is 0 Å². The summed E-state index contributed by atoms with van der Waals surface area (Å²) < 4.78 is 5.54. The molecular formula is C14H21N3O3. The van der Waals surface area contributed by atoms with E-state index < -0.39 is 6.04 Å². The van der Waals surface area contributed by atoms with Gasteiger partial charge in [0.05, 0.1) is 12.7 Å². The van der Waals surface area contributed by atoms with Gasteiger partial charge in [-0.1, -0.05) is 20.8 Å². The summed E-state index contributed by atoms with van der Waals surface area (Å²) >= 11 is 0. The number of nitrogens with zero attached hydrogens (tertiary/aromatic N) is 2. The van der Waals surface area contributed by atoms with Crippen LogP contribution in [-0.2, 0) is 22.6 Å². The molecule has 6 heteroatoms. The monoisotopic (exact) mass is 279 g/mol. The van der Waals surface area contributed by atoms with Crippen LogP contribution in [0.15, 0.2) is 10.6 Å². The van der Waals surface area contributed by atoms with Crippen molar-refractivity contribution in [1.82, 2.24) is 15.2 Å². The van der Waals surface area contributed by atoms with Crippen LogP contribution in [-0.4, -0.2) is 34.3 Å². The maximum absolute atomic E-state index is 12.5. The molecule has 1 unspecified atom stereocenters. The van der Waals surface area contributed by atoms with Crippen molar-refractivity contribution in [2.45, 2.75) is 46.2 Å². The summed E-state index contributed by atoms with van der Waals surface area (Å²) in [5.41, 5.74) is 0. The first-order chi connectivity index (χ1) is 9.51. The molecule has 110 valence electrons. The van der Waals surface area contributed by atoms with Crippen molar-refractivity contribution in [2.24, 2.45) is 5.92 Å². The number of hydrogen-bond donors (Lipinski definition) is 1. The van der Waals surface area contributed by atoms with Gasteiger partial charge in [-0.15, -0.1) is 0 Å². The van der Waals surface area contributed by atoms with Gasteiger partial charge in [0.15, 0.2) is 0 Å². The van der Waals surface area contributed by atoms with Crippen LogP contribution < -0.4 is 5.32 Å². The Morgan fingerprint density at radius 2 is 2.25 bits per heavy atom. The number of carbonyl (C=O) groups is 2. The molecule has 0 aliphatic carbocycles. The minimum Gasteiger partial charge on any atom is -0.444 e. The summed E-state index contributed by atoms with van der Waals surface area (Å²) in [5.74, 6) is 1.23. The quantitative estimate of drug-likeness (QED) is 0.896. The third-order valence-corrected chi connectivity index (χ3v) is 3.45. The highest BCUT2D eigenvalue weighted by Gasteiger charge is 2.32. The molecule has 1 N–H and O–H groups in total. The molecule has 1 fully saturated rings. The topological polar surface area (TPSA) is 75.4 Å². The highest BCUT2D eigenvalue weighted by Crippen LogP contribution is 2.14. The second-order valence-corrected chi connectivity index (χ2v) is 5.37. The predicted molar refractivity (Wildman–Crippen MR) is 72.7 cm³/mol. The predicted octanol–water partition coefficient (Wildman–Crippen LogP) is 1.11. The first-order valence-electron chi connectivity index (χ1n) is 7.03. The Kier molecular flexibility index (Phi) is 4.42. The first-order valence-corrected chi connectivity index (χ1v) is 7.03. The Hall–Kier alpha value is -1.85. The summed E-state index contributed by atoms with van der Waals surface area (Å²) in [6.45, 7) is 6.55. The zero-order valence-corrected chi connectivity index (χ0v) is 12.2. The van der Waals surface area contributed by atoms with Gasteiger partial charge in [0, 0.05) is 19.4 Å². The highest BCUT2D eigenvalue weighted by atomic mass is 16.4. The molecule has 0 spiro atoms. The van der Waals surface area contributed by atoms with E-state index in [1.165, 1.54) is 0 Å². The Morgan fingerprint density at radius 3 is 2.85 bits per heavy atom. The molecule has 0 saturated carbocycles. The Bertz CT molecular complexity index is 496. The maximum atomic E-state index is 12.5. The van der Waals surface area contributed by atoms with E-state index in [1.54, 1.807) is 11.1 Å². The van der Waals surface area contributed by atoms with Gasteiger partial charge in [0.25, 0.3) is 0 Å². The van der Waals surface area contributed by atoms with E-state index >= 15 is 0 Å². The zero-order valence-electron chi connectivity index (χ0n) is 12.2. The number of amides is 2. The van der Waals surface area contributed by atoms with E-state index in [0.29, 0.717) is 25.4 Å². The van der Waals surface area contributed by atoms with Crippen LogP contribution in [0.1, 0.15) is 38.8 Å². The third-order valence-electron chi connectivity index (χ3n) is 3.45. The van der Waals surface area contributed by atoms with Gasteiger partial charge in [-0.05, 0) is 5.92 Å². The smallest absolute Gasteiger partial charge is 0.245 e. The van der Waals surface area contributed by atoms with Crippen LogP contribution in [0.5, 0.6) is 0 Å². The van der Waals surface area contributed by atoms with E-state index in [1.807, 2.05) is 20.8 Å². The van der Waals surface area contributed by atoms with Gasteiger partial charge < -0.3 is 14.6 Å². The average Bonchev–Trinajstić information content (AvgIpc) is 2.81. The van der Waals surface area contributed by atoms with Crippen LogP contribution in [0.25, 0.3) is 0 Å². The molecule has 2 amide bonds. The Labute approximate surface area is 118 Å².